The zero-order valence-electron chi connectivity index (χ0n) is 22.4. The normalized spacial score (nSPS) is 17.7. The lowest BCUT2D eigenvalue weighted by Gasteiger charge is -2.19. The van der Waals surface area contributed by atoms with E-state index < -0.39 is 41.0 Å². The van der Waals surface area contributed by atoms with Gasteiger partial charge in [-0.2, -0.15) is 0 Å². The molecule has 212 valence electrons. The number of ketones is 1. The number of carbonyl (C=O) groups excluding carboxylic acids is 5. The molecule has 11 nitrogen and oxygen atoms in total. The lowest BCUT2D eigenvalue weighted by molar-refractivity contribution is -0.384. The van der Waals surface area contributed by atoms with Crippen molar-refractivity contribution in [2.45, 2.75) is 19.8 Å². The number of hydrogen-bond acceptors (Lipinski definition) is 8. The van der Waals surface area contributed by atoms with Gasteiger partial charge in [0.2, 0.25) is 11.8 Å². The Bertz CT molecular complexity index is 1640. The Kier molecular flexibility index (Phi) is 7.74. The molecule has 42 heavy (non-hydrogen) atoms. The van der Waals surface area contributed by atoms with Crippen LogP contribution in [-0.2, 0) is 14.3 Å². The highest BCUT2D eigenvalue weighted by Gasteiger charge is 2.49. The van der Waals surface area contributed by atoms with Crippen molar-refractivity contribution < 1.29 is 33.6 Å². The second kappa shape index (κ2) is 11.6. The molecule has 2 atom stereocenters. The lowest BCUT2D eigenvalue weighted by atomic mass is 9.82. The van der Waals surface area contributed by atoms with Crippen molar-refractivity contribution in [1.82, 2.24) is 0 Å². The van der Waals surface area contributed by atoms with Crippen LogP contribution in [-0.4, -0.2) is 41.0 Å². The Balaban J connectivity index is 1.22. The van der Waals surface area contributed by atoms with Gasteiger partial charge in [0.15, 0.2) is 12.4 Å². The number of fused-ring (bicyclic) bond motifs is 1. The average Bonchev–Trinajstić information content (AvgIpc) is 3.24. The molecule has 1 aliphatic carbocycles. The number of nitrogens with one attached hydrogen (secondary N) is 1. The zero-order valence-corrected chi connectivity index (χ0v) is 22.4. The molecule has 0 bridgehead atoms. The summed E-state index contributed by atoms with van der Waals surface area (Å²) in [4.78, 5) is 75.6. The van der Waals surface area contributed by atoms with Crippen LogP contribution in [0, 0.1) is 22.0 Å². The monoisotopic (exact) mass is 567 g/mol. The van der Waals surface area contributed by atoms with Crippen LogP contribution in [0.1, 0.15) is 50.8 Å². The van der Waals surface area contributed by atoms with Crippen molar-refractivity contribution in [3.63, 3.8) is 0 Å². The first-order valence-corrected chi connectivity index (χ1v) is 13.1. The van der Waals surface area contributed by atoms with Crippen molar-refractivity contribution in [3.05, 3.63) is 111 Å². The Morgan fingerprint density at radius 1 is 0.929 bits per heavy atom. The first-order valence-electron chi connectivity index (χ1n) is 13.1. The number of nitrogens with zero attached hydrogens (tertiary/aromatic N) is 2. The van der Waals surface area contributed by atoms with Gasteiger partial charge in [-0.25, -0.2) is 9.69 Å². The highest BCUT2D eigenvalue weighted by Crippen LogP contribution is 2.40. The number of carbonyl (C=O) groups is 5. The number of imide groups is 1. The smallest absolute Gasteiger partial charge is 0.338 e. The summed E-state index contributed by atoms with van der Waals surface area (Å²) in [5.41, 5.74) is 1.90. The number of esters is 1. The summed E-state index contributed by atoms with van der Waals surface area (Å²) in [6, 6.07) is 17.1. The topological polar surface area (TPSA) is 153 Å². The Labute approximate surface area is 239 Å². The highest BCUT2D eigenvalue weighted by atomic mass is 16.6. The number of nitro benzene ring substituents is 1. The second-order valence-corrected chi connectivity index (χ2v) is 10.1. The van der Waals surface area contributed by atoms with E-state index in [4.69, 9.17) is 4.74 Å². The summed E-state index contributed by atoms with van der Waals surface area (Å²) in [7, 11) is 0. The Hall–Kier alpha value is -5.45. The molecule has 0 unspecified atom stereocenters. The summed E-state index contributed by atoms with van der Waals surface area (Å²) in [5.74, 6) is -3.34. The molecule has 11 heteroatoms. The first-order chi connectivity index (χ1) is 20.1. The molecule has 3 amide bonds. The molecular weight excluding hydrogens is 542 g/mol. The zero-order chi connectivity index (χ0) is 30.0. The van der Waals surface area contributed by atoms with E-state index in [1.54, 1.807) is 18.2 Å². The number of hydrogen-bond donors (Lipinski definition) is 1. The number of allylic oxidation sites excluding steroid dienone is 2. The summed E-state index contributed by atoms with van der Waals surface area (Å²) >= 11 is 0. The maximum atomic E-state index is 13.2. The van der Waals surface area contributed by atoms with Crippen LogP contribution < -0.4 is 10.2 Å². The maximum absolute atomic E-state index is 13.2. The van der Waals surface area contributed by atoms with Gasteiger partial charge in [-0.15, -0.1) is 0 Å². The van der Waals surface area contributed by atoms with Crippen LogP contribution in [0.3, 0.4) is 0 Å². The van der Waals surface area contributed by atoms with Gasteiger partial charge in [0.05, 0.1) is 33.6 Å². The van der Waals surface area contributed by atoms with Crippen molar-refractivity contribution in [1.29, 1.82) is 0 Å². The van der Waals surface area contributed by atoms with E-state index in [0.717, 1.165) is 10.5 Å². The minimum Gasteiger partial charge on any atom is -0.454 e. The predicted octanol–water partition coefficient (Wildman–Crippen LogP) is 4.73. The Morgan fingerprint density at radius 2 is 1.57 bits per heavy atom. The quantitative estimate of drug-likeness (QED) is 0.102. The fourth-order valence-corrected chi connectivity index (χ4v) is 5.09. The molecule has 1 aliphatic heterocycles. The minimum absolute atomic E-state index is 0.129. The number of nitro groups is 1. The number of anilines is 2. The minimum atomic E-state index is -0.772. The van der Waals surface area contributed by atoms with Crippen LogP contribution in [0.25, 0.3) is 0 Å². The number of Topliss-reactive ketones (excluding diaryl/α,β-unsaturated/α-hetero) is 1. The van der Waals surface area contributed by atoms with Crippen molar-refractivity contribution in [3.8, 4) is 0 Å². The summed E-state index contributed by atoms with van der Waals surface area (Å²) in [5, 5.41) is 13.5. The molecule has 5 rings (SSSR count). The standard InChI is InChI=1S/C31H25N3O8/c1-18-6-15-23-25(16-18)30(38)33(29(23)37)26-5-3-2-4-24(26)28(36)32-21-11-7-20(8-12-21)31(39)42-17-27(35)19-9-13-22(14-10-19)34(40)41/h2-14,23,25H,15-17H2,1H3,(H,32,36)/t23-,25+/m0/s1. The predicted molar refractivity (Wildman–Crippen MR) is 151 cm³/mol. The molecule has 1 fully saturated rings. The third kappa shape index (κ3) is 5.57. The van der Waals surface area contributed by atoms with E-state index in [1.165, 1.54) is 54.6 Å². The Morgan fingerprint density at radius 3 is 2.26 bits per heavy atom. The van der Waals surface area contributed by atoms with Crippen LogP contribution in [0.5, 0.6) is 0 Å². The van der Waals surface area contributed by atoms with Gasteiger partial charge in [0, 0.05) is 23.4 Å². The van der Waals surface area contributed by atoms with Gasteiger partial charge in [0.25, 0.3) is 11.6 Å². The molecule has 0 radical (unpaired) electrons. The molecule has 1 saturated heterocycles. The largest absolute Gasteiger partial charge is 0.454 e. The van der Waals surface area contributed by atoms with Crippen LogP contribution in [0.2, 0.25) is 0 Å². The fraction of sp³-hybridized carbons (Fsp3) is 0.194. The van der Waals surface area contributed by atoms with E-state index in [9.17, 15) is 34.1 Å². The SMILES string of the molecule is CC1=CC[C@@H]2C(=O)N(c3ccccc3C(=O)Nc3ccc(C(=O)OCC(=O)c4ccc([N+](=O)[O-])cc4)cc3)C(=O)[C@@H]2C1. The van der Waals surface area contributed by atoms with Crippen molar-refractivity contribution in [2.75, 3.05) is 16.8 Å². The summed E-state index contributed by atoms with van der Waals surface area (Å²) in [6.07, 6.45) is 2.98. The van der Waals surface area contributed by atoms with E-state index in [0.29, 0.717) is 18.5 Å². The van der Waals surface area contributed by atoms with Crippen LogP contribution in [0.4, 0.5) is 17.1 Å². The molecule has 2 aliphatic rings. The summed E-state index contributed by atoms with van der Waals surface area (Å²) < 4.78 is 5.07. The van der Waals surface area contributed by atoms with Crippen LogP contribution in [0.15, 0.2) is 84.4 Å². The molecular formula is C31H25N3O8. The lowest BCUT2D eigenvalue weighted by Crippen LogP contribution is -2.33. The maximum Gasteiger partial charge on any atom is 0.338 e. The van der Waals surface area contributed by atoms with Crippen LogP contribution >= 0.6 is 0 Å². The van der Waals surface area contributed by atoms with E-state index in [-0.39, 0.29) is 39.9 Å². The van der Waals surface area contributed by atoms with Gasteiger partial charge in [-0.05, 0) is 68.3 Å². The van der Waals surface area contributed by atoms with E-state index in [2.05, 4.69) is 5.32 Å². The molecule has 0 aromatic heterocycles. The fourth-order valence-electron chi connectivity index (χ4n) is 5.09. The first kappa shape index (κ1) is 28.1. The number of amides is 3. The van der Waals surface area contributed by atoms with Gasteiger partial charge < -0.3 is 10.1 Å². The van der Waals surface area contributed by atoms with E-state index in [1.807, 2.05) is 13.0 Å². The van der Waals surface area contributed by atoms with E-state index >= 15 is 0 Å². The second-order valence-electron chi connectivity index (χ2n) is 10.1. The van der Waals surface area contributed by atoms with Gasteiger partial charge in [-0.3, -0.25) is 29.3 Å². The van der Waals surface area contributed by atoms with Gasteiger partial charge in [0.1, 0.15) is 0 Å². The molecule has 3 aromatic carbocycles. The molecule has 1 heterocycles. The number of para-hydroxylation sites is 1. The third-order valence-electron chi connectivity index (χ3n) is 7.33. The van der Waals surface area contributed by atoms with Gasteiger partial charge in [-0.1, -0.05) is 23.8 Å². The number of rotatable bonds is 8. The van der Waals surface area contributed by atoms with Gasteiger partial charge >= 0.3 is 5.97 Å². The summed E-state index contributed by atoms with van der Waals surface area (Å²) in [6.45, 7) is 1.38. The molecule has 0 saturated carbocycles. The van der Waals surface area contributed by atoms with Crippen molar-refractivity contribution in [2.24, 2.45) is 11.8 Å². The molecule has 1 N–H and O–H groups in total. The average molecular weight is 568 g/mol. The third-order valence-corrected chi connectivity index (χ3v) is 7.33. The number of benzene rings is 3. The number of non-ortho nitro benzene ring substituents is 1. The highest BCUT2D eigenvalue weighted by molar-refractivity contribution is 6.25. The molecule has 0 spiro atoms. The number of ether oxygens (including phenoxy) is 1. The molecule has 3 aromatic rings. The van der Waals surface area contributed by atoms with Crippen molar-refractivity contribution >= 4 is 46.5 Å².